The fraction of sp³-hybridized carbons (Fsp3) is 0.154. The zero-order valence-electron chi connectivity index (χ0n) is 19.9. The lowest BCUT2D eigenvalue weighted by molar-refractivity contribution is -0.119. The number of nitrogens with zero attached hydrogens (tertiary/aromatic N) is 5. The van der Waals surface area contributed by atoms with Crippen LogP contribution in [0.4, 0.5) is 16.0 Å². The first-order chi connectivity index (χ1) is 17.7. The number of H-pyrrole nitrogens is 1. The van der Waals surface area contributed by atoms with E-state index in [9.17, 15) is 14.0 Å². The van der Waals surface area contributed by atoms with E-state index in [1.807, 2.05) is 6.07 Å². The van der Waals surface area contributed by atoms with Gasteiger partial charge in [0.1, 0.15) is 28.6 Å². The Balaban J connectivity index is 1.47. The Labute approximate surface area is 209 Å². The van der Waals surface area contributed by atoms with Gasteiger partial charge in [-0.25, -0.2) is 24.3 Å². The average molecular weight is 497 g/mol. The number of anilines is 2. The summed E-state index contributed by atoms with van der Waals surface area (Å²) >= 11 is 0. The molecule has 1 unspecified atom stereocenters. The van der Waals surface area contributed by atoms with Gasteiger partial charge in [0.05, 0.1) is 11.3 Å². The number of aromatic amines is 1. The van der Waals surface area contributed by atoms with E-state index >= 15 is 0 Å². The van der Waals surface area contributed by atoms with Crippen LogP contribution in [0, 0.1) is 12.7 Å². The Morgan fingerprint density at radius 3 is 2.78 bits per heavy atom. The number of aromatic nitrogens is 6. The Morgan fingerprint density at radius 1 is 1.16 bits per heavy atom. The van der Waals surface area contributed by atoms with Crippen molar-refractivity contribution < 1.29 is 9.18 Å². The number of halogens is 1. The third kappa shape index (κ3) is 3.54. The zero-order valence-corrected chi connectivity index (χ0v) is 19.9. The van der Waals surface area contributed by atoms with Gasteiger partial charge in [-0.3, -0.25) is 9.59 Å². The van der Waals surface area contributed by atoms with Crippen LogP contribution in [0.2, 0.25) is 0 Å². The van der Waals surface area contributed by atoms with E-state index in [-0.39, 0.29) is 34.6 Å². The number of pyridine rings is 1. The number of hydrogen-bond donors (Lipinski definition) is 3. The second kappa shape index (κ2) is 8.05. The molecule has 1 aliphatic heterocycles. The SMILES string of the molecule is Cc1c[nH]c(C2(C)C(=O)Nc3nc(-c4cn5ccnc5c(Cc5cccc(F)c5)n4)nc(N)c32)cc1=O. The topological polar surface area (TPSA) is 144 Å². The van der Waals surface area contributed by atoms with E-state index in [1.54, 1.807) is 49.1 Å². The summed E-state index contributed by atoms with van der Waals surface area (Å²) < 4.78 is 15.6. The maximum absolute atomic E-state index is 13.8. The number of carbonyl (C=O) groups is 1. The highest BCUT2D eigenvalue weighted by Crippen LogP contribution is 2.44. The van der Waals surface area contributed by atoms with E-state index < -0.39 is 5.41 Å². The molecule has 0 saturated carbocycles. The summed E-state index contributed by atoms with van der Waals surface area (Å²) in [4.78, 5) is 46.7. The molecular weight excluding hydrogens is 475 g/mol. The summed E-state index contributed by atoms with van der Waals surface area (Å²) in [6, 6.07) is 7.68. The third-order valence-corrected chi connectivity index (χ3v) is 6.70. The first kappa shape index (κ1) is 22.5. The van der Waals surface area contributed by atoms with Gasteiger partial charge >= 0.3 is 0 Å². The molecule has 5 aromatic rings. The van der Waals surface area contributed by atoms with Crippen LogP contribution in [0.1, 0.15) is 35.0 Å². The van der Waals surface area contributed by atoms with Gasteiger partial charge in [0.2, 0.25) is 5.91 Å². The summed E-state index contributed by atoms with van der Waals surface area (Å²) in [7, 11) is 0. The van der Waals surface area contributed by atoms with Gasteiger partial charge in [-0.15, -0.1) is 0 Å². The van der Waals surface area contributed by atoms with E-state index in [1.165, 1.54) is 18.2 Å². The minimum atomic E-state index is -1.28. The molecule has 0 saturated heterocycles. The smallest absolute Gasteiger partial charge is 0.242 e. The molecule has 37 heavy (non-hydrogen) atoms. The van der Waals surface area contributed by atoms with Crippen LogP contribution in [0.5, 0.6) is 0 Å². The second-order valence-electron chi connectivity index (χ2n) is 9.17. The fourth-order valence-corrected chi connectivity index (χ4v) is 4.67. The molecule has 1 aliphatic rings. The van der Waals surface area contributed by atoms with E-state index in [0.717, 1.165) is 5.56 Å². The number of nitrogens with two attached hydrogens (primary N) is 1. The standard InChI is InChI=1S/C26H21FN8O2/c1-13-11-30-19(10-18(13)36)26(2)20-21(28)32-22(33-23(20)34-25(26)37)17-12-35-7-6-29-24(35)16(31-17)9-14-4-3-5-15(27)8-14/h3-8,10-12H,9H2,1-2H3,(H,30,36)(H3,28,32,33,34,37). The van der Waals surface area contributed by atoms with Crippen LogP contribution in [0.25, 0.3) is 17.2 Å². The molecule has 0 radical (unpaired) electrons. The quantitative estimate of drug-likeness (QED) is 0.347. The van der Waals surface area contributed by atoms with E-state index in [4.69, 9.17) is 10.7 Å². The Kier molecular flexibility index (Phi) is 4.90. The molecule has 0 aliphatic carbocycles. The van der Waals surface area contributed by atoms with Crippen molar-refractivity contribution in [3.63, 3.8) is 0 Å². The molecule has 10 nitrogen and oxygen atoms in total. The molecule has 4 aromatic heterocycles. The predicted octanol–water partition coefficient (Wildman–Crippen LogP) is 2.75. The fourth-order valence-electron chi connectivity index (χ4n) is 4.67. The second-order valence-corrected chi connectivity index (χ2v) is 9.17. The number of imidazole rings is 1. The van der Waals surface area contributed by atoms with Crippen molar-refractivity contribution in [3.8, 4) is 11.5 Å². The molecule has 6 rings (SSSR count). The number of aryl methyl sites for hydroxylation is 1. The van der Waals surface area contributed by atoms with Crippen LogP contribution in [0.15, 0.2) is 59.9 Å². The highest BCUT2D eigenvalue weighted by molar-refractivity contribution is 6.08. The number of fused-ring (bicyclic) bond motifs is 2. The summed E-state index contributed by atoms with van der Waals surface area (Å²) in [6.07, 6.45) is 7.01. The maximum atomic E-state index is 13.8. The van der Waals surface area contributed by atoms with Crippen LogP contribution in [0.3, 0.4) is 0 Å². The molecule has 4 N–H and O–H groups in total. The lowest BCUT2D eigenvalue weighted by atomic mass is 9.80. The number of benzene rings is 1. The van der Waals surface area contributed by atoms with Crippen molar-refractivity contribution in [2.24, 2.45) is 0 Å². The van der Waals surface area contributed by atoms with Gasteiger partial charge in [0.15, 0.2) is 16.9 Å². The maximum Gasteiger partial charge on any atom is 0.242 e. The first-order valence-corrected chi connectivity index (χ1v) is 11.5. The van der Waals surface area contributed by atoms with Gasteiger partial charge in [-0.1, -0.05) is 12.1 Å². The van der Waals surface area contributed by atoms with E-state index in [0.29, 0.717) is 40.3 Å². The Morgan fingerprint density at radius 2 is 2.00 bits per heavy atom. The monoisotopic (exact) mass is 496 g/mol. The highest BCUT2D eigenvalue weighted by Gasteiger charge is 2.48. The lowest BCUT2D eigenvalue weighted by Gasteiger charge is -2.23. The molecule has 184 valence electrons. The van der Waals surface area contributed by atoms with Crippen molar-refractivity contribution in [3.05, 3.63) is 99.2 Å². The minimum Gasteiger partial charge on any atom is -0.383 e. The number of nitrogen functional groups attached to an aromatic ring is 1. The zero-order chi connectivity index (χ0) is 25.9. The normalized spacial score (nSPS) is 16.7. The molecular formula is C26H21FN8O2. The van der Waals surface area contributed by atoms with Gasteiger partial charge < -0.3 is 20.4 Å². The number of carbonyl (C=O) groups excluding carboxylic acids is 1. The van der Waals surface area contributed by atoms with Crippen LogP contribution in [-0.4, -0.2) is 35.2 Å². The summed E-state index contributed by atoms with van der Waals surface area (Å²) in [6.45, 7) is 3.35. The van der Waals surface area contributed by atoms with Crippen molar-refractivity contribution in [1.82, 2.24) is 29.3 Å². The largest absolute Gasteiger partial charge is 0.383 e. The van der Waals surface area contributed by atoms with Crippen LogP contribution >= 0.6 is 0 Å². The lowest BCUT2D eigenvalue weighted by Crippen LogP contribution is -2.35. The predicted molar refractivity (Wildman–Crippen MR) is 135 cm³/mol. The molecule has 11 heteroatoms. The molecule has 1 atom stereocenters. The molecule has 5 heterocycles. The molecule has 1 aromatic carbocycles. The number of hydrogen-bond acceptors (Lipinski definition) is 7. The molecule has 0 spiro atoms. The van der Waals surface area contributed by atoms with Gasteiger partial charge in [-0.05, 0) is 31.5 Å². The third-order valence-electron chi connectivity index (χ3n) is 6.70. The van der Waals surface area contributed by atoms with Crippen molar-refractivity contribution in [1.29, 1.82) is 0 Å². The van der Waals surface area contributed by atoms with Gasteiger partial charge in [0.25, 0.3) is 0 Å². The minimum absolute atomic E-state index is 0.0847. The van der Waals surface area contributed by atoms with E-state index in [2.05, 4.69) is 25.3 Å². The summed E-state index contributed by atoms with van der Waals surface area (Å²) in [5, 5.41) is 2.78. The van der Waals surface area contributed by atoms with Crippen LogP contribution < -0.4 is 16.5 Å². The van der Waals surface area contributed by atoms with Crippen LogP contribution in [-0.2, 0) is 16.6 Å². The van der Waals surface area contributed by atoms with Gasteiger partial charge in [-0.2, -0.15) is 0 Å². The summed E-state index contributed by atoms with van der Waals surface area (Å²) in [5.41, 5.74) is 8.57. The number of nitrogens with one attached hydrogen (secondary N) is 2. The molecule has 0 bridgehead atoms. The van der Waals surface area contributed by atoms with Gasteiger partial charge in [0, 0.05) is 48.5 Å². The van der Waals surface area contributed by atoms with Crippen molar-refractivity contribution in [2.75, 3.05) is 11.1 Å². The van der Waals surface area contributed by atoms with Crippen molar-refractivity contribution >= 4 is 23.2 Å². The first-order valence-electron chi connectivity index (χ1n) is 11.5. The highest BCUT2D eigenvalue weighted by atomic mass is 19.1. The summed E-state index contributed by atoms with van der Waals surface area (Å²) in [5.74, 6) is -0.187. The Hall–Kier alpha value is -4.93. The molecule has 1 amide bonds. The number of amides is 1. The number of rotatable bonds is 4. The Bertz CT molecular complexity index is 1790. The van der Waals surface area contributed by atoms with Crippen molar-refractivity contribution in [2.45, 2.75) is 25.7 Å². The molecule has 0 fully saturated rings. The average Bonchev–Trinajstić information content (AvgIpc) is 3.44.